The highest BCUT2D eigenvalue weighted by molar-refractivity contribution is 6.33. The van der Waals surface area contributed by atoms with Crippen molar-refractivity contribution in [1.29, 1.82) is 0 Å². The molecule has 1 heterocycles. The molecule has 0 saturated carbocycles. The number of nitrogens with zero attached hydrogens (tertiary/aromatic N) is 2. The number of benzene rings is 2. The Kier molecular flexibility index (Phi) is 1.76. The fourth-order valence-corrected chi connectivity index (χ4v) is 2.02. The molecular formula is C11H5ClN2O2. The lowest BCUT2D eigenvalue weighted by Crippen LogP contribution is -2.23. The van der Waals surface area contributed by atoms with Gasteiger partial charge >= 0.3 is 6.03 Å². The fourth-order valence-electron chi connectivity index (χ4n) is 1.79. The van der Waals surface area contributed by atoms with Crippen molar-refractivity contribution in [2.24, 2.45) is 9.98 Å². The largest absolute Gasteiger partial charge is 0.506 e. The third-order valence-corrected chi connectivity index (χ3v) is 2.85. The van der Waals surface area contributed by atoms with Crippen LogP contribution in [0.3, 0.4) is 0 Å². The highest BCUT2D eigenvalue weighted by Crippen LogP contribution is 2.27. The first kappa shape index (κ1) is 9.30. The van der Waals surface area contributed by atoms with Gasteiger partial charge in [0, 0.05) is 10.8 Å². The first-order valence-corrected chi connectivity index (χ1v) is 4.97. The van der Waals surface area contributed by atoms with Crippen LogP contribution < -0.4 is 10.7 Å². The van der Waals surface area contributed by atoms with Gasteiger partial charge in [-0.1, -0.05) is 35.9 Å². The molecule has 2 aromatic rings. The van der Waals surface area contributed by atoms with Gasteiger partial charge in [0.25, 0.3) is 0 Å². The van der Waals surface area contributed by atoms with E-state index in [0.29, 0.717) is 16.1 Å². The Labute approximate surface area is 94.5 Å². The number of hydrogen-bond donors (Lipinski definition) is 1. The van der Waals surface area contributed by atoms with Crippen LogP contribution in [0.4, 0.5) is 4.79 Å². The number of carbonyl (C=O) groups is 1. The highest BCUT2D eigenvalue weighted by Gasteiger charge is 2.16. The summed E-state index contributed by atoms with van der Waals surface area (Å²) in [6.07, 6.45) is 0. The molecule has 0 unspecified atom stereocenters. The minimum Gasteiger partial charge on any atom is -0.506 e. The topological polar surface area (TPSA) is 62.0 Å². The molecule has 1 aliphatic rings. The van der Waals surface area contributed by atoms with Crippen LogP contribution >= 0.6 is 11.6 Å². The van der Waals surface area contributed by atoms with E-state index in [-0.39, 0.29) is 16.1 Å². The Hall–Kier alpha value is -1.94. The van der Waals surface area contributed by atoms with Gasteiger partial charge in [0.1, 0.15) is 21.5 Å². The molecule has 4 nitrogen and oxygen atoms in total. The summed E-state index contributed by atoms with van der Waals surface area (Å²) < 4.78 is 0. The number of rotatable bonds is 0. The van der Waals surface area contributed by atoms with E-state index in [1.807, 2.05) is 0 Å². The predicted octanol–water partition coefficient (Wildman–Crippen LogP) is 1.57. The molecule has 0 saturated heterocycles. The smallest absolute Gasteiger partial charge is 0.368 e. The van der Waals surface area contributed by atoms with Crippen molar-refractivity contribution >= 4 is 28.4 Å². The summed E-state index contributed by atoms with van der Waals surface area (Å²) in [5.41, 5.74) is 0. The lowest BCUT2D eigenvalue weighted by Gasteiger charge is -2.01. The van der Waals surface area contributed by atoms with Crippen molar-refractivity contribution in [3.8, 4) is 5.75 Å². The lowest BCUT2D eigenvalue weighted by molar-refractivity contribution is 0.257. The van der Waals surface area contributed by atoms with Crippen LogP contribution in [0.25, 0.3) is 10.8 Å². The zero-order valence-corrected chi connectivity index (χ0v) is 8.69. The zero-order chi connectivity index (χ0) is 11.3. The molecule has 0 aliphatic carbocycles. The maximum atomic E-state index is 11.1. The average molecular weight is 233 g/mol. The van der Waals surface area contributed by atoms with Crippen molar-refractivity contribution in [2.75, 3.05) is 0 Å². The SMILES string of the molecule is O=C1N=c2c(Cl)c(O)c3ccccc3c2=N1. The van der Waals surface area contributed by atoms with Gasteiger partial charge in [0.15, 0.2) is 0 Å². The van der Waals surface area contributed by atoms with Crippen LogP contribution in [-0.4, -0.2) is 11.1 Å². The molecule has 2 amide bonds. The number of hydrogen-bond acceptors (Lipinski definition) is 2. The molecule has 0 radical (unpaired) electrons. The number of carbonyl (C=O) groups excluding carboxylic acids is 1. The summed E-state index contributed by atoms with van der Waals surface area (Å²) in [6, 6.07) is 6.47. The maximum Gasteiger partial charge on any atom is 0.368 e. The van der Waals surface area contributed by atoms with Gasteiger partial charge in [-0.2, -0.15) is 9.98 Å². The zero-order valence-electron chi connectivity index (χ0n) is 7.94. The Morgan fingerprint density at radius 2 is 1.69 bits per heavy atom. The van der Waals surface area contributed by atoms with Gasteiger partial charge in [-0.3, -0.25) is 0 Å². The van der Waals surface area contributed by atoms with E-state index in [0.717, 1.165) is 0 Å². The van der Waals surface area contributed by atoms with E-state index in [2.05, 4.69) is 9.98 Å². The van der Waals surface area contributed by atoms with Crippen molar-refractivity contribution in [2.45, 2.75) is 0 Å². The first-order valence-electron chi connectivity index (χ1n) is 4.59. The molecule has 16 heavy (non-hydrogen) atoms. The molecule has 3 rings (SSSR count). The van der Waals surface area contributed by atoms with E-state index in [1.165, 1.54) is 0 Å². The Morgan fingerprint density at radius 1 is 1.06 bits per heavy atom. The van der Waals surface area contributed by atoms with Crippen LogP contribution in [-0.2, 0) is 0 Å². The van der Waals surface area contributed by atoms with Gasteiger partial charge in [0.2, 0.25) is 0 Å². The molecule has 1 N–H and O–H groups in total. The van der Waals surface area contributed by atoms with Crippen LogP contribution in [0, 0.1) is 0 Å². The van der Waals surface area contributed by atoms with Crippen LogP contribution in [0.5, 0.6) is 5.75 Å². The summed E-state index contributed by atoms with van der Waals surface area (Å²) in [5.74, 6) is -0.0651. The lowest BCUT2D eigenvalue weighted by atomic mass is 10.1. The third kappa shape index (κ3) is 1.07. The van der Waals surface area contributed by atoms with E-state index in [9.17, 15) is 9.90 Å². The second-order valence-corrected chi connectivity index (χ2v) is 3.79. The quantitative estimate of drug-likeness (QED) is 0.750. The second kappa shape index (κ2) is 3.02. The molecule has 5 heteroatoms. The van der Waals surface area contributed by atoms with E-state index in [1.54, 1.807) is 24.3 Å². The number of urea groups is 1. The molecule has 0 bridgehead atoms. The van der Waals surface area contributed by atoms with Crippen molar-refractivity contribution in [3.63, 3.8) is 0 Å². The molecule has 0 fully saturated rings. The molecule has 2 aromatic carbocycles. The normalized spacial score (nSPS) is 13.4. The van der Waals surface area contributed by atoms with Gasteiger partial charge in [0.05, 0.1) is 0 Å². The molecule has 0 aromatic heterocycles. The molecular weight excluding hydrogens is 228 g/mol. The summed E-state index contributed by atoms with van der Waals surface area (Å²) >= 11 is 5.93. The van der Waals surface area contributed by atoms with Crippen molar-refractivity contribution < 1.29 is 9.90 Å². The Morgan fingerprint density at radius 3 is 2.44 bits per heavy atom. The van der Waals surface area contributed by atoms with E-state index >= 15 is 0 Å². The number of amides is 2. The Balaban J connectivity index is 2.72. The Bertz CT molecular complexity index is 753. The predicted molar refractivity (Wildman–Crippen MR) is 58.3 cm³/mol. The molecule has 1 aliphatic heterocycles. The van der Waals surface area contributed by atoms with Crippen molar-refractivity contribution in [3.05, 3.63) is 40.0 Å². The average Bonchev–Trinajstić information content (AvgIpc) is 2.68. The van der Waals surface area contributed by atoms with Crippen LogP contribution in [0.1, 0.15) is 0 Å². The van der Waals surface area contributed by atoms with E-state index in [4.69, 9.17) is 11.6 Å². The fraction of sp³-hybridized carbons (Fsp3) is 0. The highest BCUT2D eigenvalue weighted by atomic mass is 35.5. The van der Waals surface area contributed by atoms with Gasteiger partial charge in [-0.15, -0.1) is 0 Å². The minimum absolute atomic E-state index is 0.0651. The van der Waals surface area contributed by atoms with Gasteiger partial charge in [-0.25, -0.2) is 4.79 Å². The second-order valence-electron chi connectivity index (χ2n) is 3.41. The number of phenols is 1. The van der Waals surface area contributed by atoms with Crippen LogP contribution in [0.2, 0.25) is 5.02 Å². The monoisotopic (exact) mass is 232 g/mol. The minimum atomic E-state index is -0.590. The number of phenolic OH excluding ortho intramolecular Hbond substituents is 1. The van der Waals surface area contributed by atoms with Gasteiger partial charge < -0.3 is 5.11 Å². The molecule has 0 spiro atoms. The summed E-state index contributed by atoms with van der Waals surface area (Å²) in [4.78, 5) is 18.6. The third-order valence-electron chi connectivity index (χ3n) is 2.49. The maximum absolute atomic E-state index is 11.1. The number of aromatic hydroxyl groups is 1. The van der Waals surface area contributed by atoms with Gasteiger partial charge in [-0.05, 0) is 0 Å². The summed E-state index contributed by atoms with van der Waals surface area (Å²) in [6.45, 7) is 0. The molecule has 78 valence electrons. The summed E-state index contributed by atoms with van der Waals surface area (Å²) in [5, 5.41) is 11.9. The van der Waals surface area contributed by atoms with E-state index < -0.39 is 6.03 Å². The molecule has 0 atom stereocenters. The number of halogens is 1. The van der Waals surface area contributed by atoms with Crippen LogP contribution in [0.15, 0.2) is 34.3 Å². The van der Waals surface area contributed by atoms with Crippen molar-refractivity contribution in [1.82, 2.24) is 0 Å². The standard InChI is InChI=1S/C11H5ClN2O2/c12-7-9-8(13-11(16)14-9)5-3-1-2-4-6(5)10(7)15/h1-4,15H. The number of fused-ring (bicyclic) bond motifs is 3. The summed E-state index contributed by atoms with van der Waals surface area (Å²) in [7, 11) is 0. The first-order chi connectivity index (χ1) is 7.68.